The molecule has 0 saturated heterocycles. The molecule has 0 unspecified atom stereocenters. The summed E-state index contributed by atoms with van der Waals surface area (Å²) in [6.45, 7) is 3.49. The van der Waals surface area contributed by atoms with Crippen molar-refractivity contribution in [2.45, 2.75) is 13.8 Å². The van der Waals surface area contributed by atoms with Crippen LogP contribution in [-0.4, -0.2) is 24.3 Å². The first-order chi connectivity index (χ1) is 14.0. The highest BCUT2D eigenvalue weighted by Gasteiger charge is 2.19. The van der Waals surface area contributed by atoms with Gasteiger partial charge in [0.25, 0.3) is 5.91 Å². The molecule has 146 valence electrons. The molecule has 0 fully saturated rings. The first-order valence-electron chi connectivity index (χ1n) is 9.18. The molecule has 5 nitrogen and oxygen atoms in total. The van der Waals surface area contributed by atoms with Gasteiger partial charge < -0.3 is 10.1 Å². The molecule has 0 radical (unpaired) electrons. The Hall–Kier alpha value is -3.73. The van der Waals surface area contributed by atoms with E-state index in [4.69, 9.17) is 4.74 Å². The van der Waals surface area contributed by atoms with Crippen LogP contribution in [0.3, 0.4) is 0 Å². The fourth-order valence-corrected chi connectivity index (χ4v) is 2.83. The number of anilines is 1. The first-order valence-corrected chi connectivity index (χ1v) is 9.18. The minimum atomic E-state index is -0.722. The van der Waals surface area contributed by atoms with Gasteiger partial charge in [-0.1, -0.05) is 54.6 Å². The van der Waals surface area contributed by atoms with Crippen molar-refractivity contribution in [2.75, 3.05) is 11.9 Å². The van der Waals surface area contributed by atoms with Crippen LogP contribution in [-0.2, 0) is 9.53 Å². The zero-order valence-corrected chi connectivity index (χ0v) is 16.3. The largest absolute Gasteiger partial charge is 0.452 e. The van der Waals surface area contributed by atoms with Crippen LogP contribution in [0.2, 0.25) is 0 Å². The van der Waals surface area contributed by atoms with Gasteiger partial charge in [0, 0.05) is 16.8 Å². The van der Waals surface area contributed by atoms with Crippen LogP contribution in [0.4, 0.5) is 5.69 Å². The molecule has 0 heterocycles. The highest BCUT2D eigenvalue weighted by Crippen LogP contribution is 2.17. The molecule has 0 atom stereocenters. The second-order valence-corrected chi connectivity index (χ2v) is 6.66. The SMILES string of the molecule is Cc1ccc(NC(=O)COC(=O)c2ccccc2C(=O)c2ccccc2)cc1C. The van der Waals surface area contributed by atoms with Crippen molar-refractivity contribution in [3.05, 3.63) is 101 Å². The number of carbonyl (C=O) groups is 3. The molecular formula is C24H21NO4. The van der Waals surface area contributed by atoms with Crippen molar-refractivity contribution in [1.82, 2.24) is 0 Å². The second kappa shape index (κ2) is 8.97. The summed E-state index contributed by atoms with van der Waals surface area (Å²) in [5, 5.41) is 2.70. The van der Waals surface area contributed by atoms with Crippen LogP contribution in [0, 0.1) is 13.8 Å². The van der Waals surface area contributed by atoms with Crippen molar-refractivity contribution in [1.29, 1.82) is 0 Å². The standard InChI is InChI=1S/C24H21NO4/c1-16-12-13-19(14-17(16)2)25-22(26)15-29-24(28)21-11-7-6-10-20(21)23(27)18-8-4-3-5-9-18/h3-14H,15H2,1-2H3,(H,25,26). The highest BCUT2D eigenvalue weighted by molar-refractivity contribution is 6.14. The van der Waals surface area contributed by atoms with E-state index in [1.807, 2.05) is 32.0 Å². The van der Waals surface area contributed by atoms with E-state index in [1.54, 1.807) is 48.5 Å². The summed E-state index contributed by atoms with van der Waals surface area (Å²) >= 11 is 0. The van der Waals surface area contributed by atoms with Crippen molar-refractivity contribution >= 4 is 23.3 Å². The zero-order valence-electron chi connectivity index (χ0n) is 16.3. The third-order valence-corrected chi connectivity index (χ3v) is 4.55. The van der Waals surface area contributed by atoms with Crippen molar-refractivity contribution in [3.63, 3.8) is 0 Å². The van der Waals surface area contributed by atoms with Gasteiger partial charge in [0.15, 0.2) is 12.4 Å². The van der Waals surface area contributed by atoms with Crippen LogP contribution in [0.5, 0.6) is 0 Å². The number of esters is 1. The number of ether oxygens (including phenoxy) is 1. The summed E-state index contributed by atoms with van der Waals surface area (Å²) in [4.78, 5) is 37.4. The number of nitrogens with one attached hydrogen (secondary N) is 1. The van der Waals surface area contributed by atoms with E-state index in [1.165, 1.54) is 6.07 Å². The van der Waals surface area contributed by atoms with Gasteiger partial charge in [0.05, 0.1) is 5.56 Å². The molecule has 0 aliphatic carbocycles. The zero-order chi connectivity index (χ0) is 20.8. The fraction of sp³-hybridized carbons (Fsp3) is 0.125. The summed E-state index contributed by atoms with van der Waals surface area (Å²) in [5.74, 6) is -1.45. The Morgan fingerprint density at radius 1 is 0.793 bits per heavy atom. The third kappa shape index (κ3) is 4.96. The lowest BCUT2D eigenvalue weighted by Gasteiger charge is -2.10. The van der Waals surface area contributed by atoms with E-state index in [2.05, 4.69) is 5.32 Å². The second-order valence-electron chi connectivity index (χ2n) is 6.66. The summed E-state index contributed by atoms with van der Waals surface area (Å²) in [6.07, 6.45) is 0. The molecule has 0 aliphatic rings. The lowest BCUT2D eigenvalue weighted by molar-refractivity contribution is -0.119. The molecule has 1 N–H and O–H groups in total. The van der Waals surface area contributed by atoms with Gasteiger partial charge in [-0.3, -0.25) is 9.59 Å². The number of amides is 1. The quantitative estimate of drug-likeness (QED) is 0.505. The smallest absolute Gasteiger partial charge is 0.339 e. The Morgan fingerprint density at radius 3 is 2.14 bits per heavy atom. The molecule has 0 aliphatic heterocycles. The number of hydrogen-bond donors (Lipinski definition) is 1. The Balaban J connectivity index is 1.67. The van der Waals surface area contributed by atoms with Gasteiger partial charge in [-0.25, -0.2) is 4.79 Å². The maximum Gasteiger partial charge on any atom is 0.339 e. The van der Waals surface area contributed by atoms with Gasteiger partial charge in [0.1, 0.15) is 0 Å². The molecule has 1 amide bonds. The molecule has 5 heteroatoms. The molecule has 0 spiro atoms. The van der Waals surface area contributed by atoms with Crippen molar-refractivity contribution in [2.24, 2.45) is 0 Å². The molecule has 3 aromatic carbocycles. The van der Waals surface area contributed by atoms with Gasteiger partial charge in [-0.2, -0.15) is 0 Å². The van der Waals surface area contributed by atoms with Gasteiger partial charge in [-0.05, 0) is 43.2 Å². The number of rotatable bonds is 6. The predicted molar refractivity (Wildman–Crippen MR) is 111 cm³/mol. The lowest BCUT2D eigenvalue weighted by atomic mass is 9.98. The Morgan fingerprint density at radius 2 is 1.45 bits per heavy atom. The number of carbonyl (C=O) groups excluding carboxylic acids is 3. The van der Waals surface area contributed by atoms with Crippen molar-refractivity contribution in [3.8, 4) is 0 Å². The van der Waals surface area contributed by atoms with Gasteiger partial charge >= 0.3 is 5.97 Å². The summed E-state index contributed by atoms with van der Waals surface area (Å²) < 4.78 is 5.14. The number of hydrogen-bond acceptors (Lipinski definition) is 4. The fourth-order valence-electron chi connectivity index (χ4n) is 2.83. The van der Waals surface area contributed by atoms with Crippen LogP contribution < -0.4 is 5.32 Å². The summed E-state index contributed by atoms with van der Waals surface area (Å²) in [7, 11) is 0. The molecular weight excluding hydrogens is 366 g/mol. The Kier molecular flexibility index (Phi) is 6.19. The van der Waals surface area contributed by atoms with E-state index in [9.17, 15) is 14.4 Å². The molecule has 0 saturated carbocycles. The van der Waals surface area contributed by atoms with Gasteiger partial charge in [-0.15, -0.1) is 0 Å². The monoisotopic (exact) mass is 387 g/mol. The molecule has 0 aromatic heterocycles. The maximum atomic E-state index is 12.7. The highest BCUT2D eigenvalue weighted by atomic mass is 16.5. The van der Waals surface area contributed by atoms with Crippen molar-refractivity contribution < 1.29 is 19.1 Å². The molecule has 0 bridgehead atoms. The summed E-state index contributed by atoms with van der Waals surface area (Å²) in [5.41, 5.74) is 3.63. The average molecular weight is 387 g/mol. The number of aryl methyl sites for hydroxylation is 2. The number of benzene rings is 3. The van der Waals surface area contributed by atoms with Crippen LogP contribution in [0.25, 0.3) is 0 Å². The maximum absolute atomic E-state index is 12.7. The Labute approximate surface area is 169 Å². The van der Waals surface area contributed by atoms with Crippen LogP contribution >= 0.6 is 0 Å². The van der Waals surface area contributed by atoms with Gasteiger partial charge in [0.2, 0.25) is 0 Å². The molecule has 3 aromatic rings. The normalized spacial score (nSPS) is 10.3. The van der Waals surface area contributed by atoms with E-state index < -0.39 is 18.5 Å². The van der Waals surface area contributed by atoms with E-state index in [-0.39, 0.29) is 16.9 Å². The number of ketones is 1. The van der Waals surface area contributed by atoms with E-state index in [0.29, 0.717) is 11.3 Å². The lowest BCUT2D eigenvalue weighted by Crippen LogP contribution is -2.22. The average Bonchev–Trinajstić information content (AvgIpc) is 2.74. The summed E-state index contributed by atoms with van der Waals surface area (Å²) in [6, 6.07) is 20.6. The topological polar surface area (TPSA) is 72.5 Å². The minimum Gasteiger partial charge on any atom is -0.452 e. The predicted octanol–water partition coefficient (Wildman–Crippen LogP) is 4.33. The molecule has 3 rings (SSSR count). The van der Waals surface area contributed by atoms with Crippen LogP contribution in [0.15, 0.2) is 72.8 Å². The van der Waals surface area contributed by atoms with Crippen LogP contribution in [0.1, 0.15) is 37.4 Å². The minimum absolute atomic E-state index is 0.125. The Bertz CT molecular complexity index is 1060. The van der Waals surface area contributed by atoms with E-state index in [0.717, 1.165) is 11.1 Å². The van der Waals surface area contributed by atoms with E-state index >= 15 is 0 Å². The first kappa shape index (κ1) is 20.0. The molecule has 29 heavy (non-hydrogen) atoms. The third-order valence-electron chi connectivity index (χ3n) is 4.55.